The number of hydrogen-bond donors (Lipinski definition) is 1. The van der Waals surface area contributed by atoms with Crippen LogP contribution in [0.1, 0.15) is 24.3 Å². The average molecular weight is 125 g/mol. The Morgan fingerprint density at radius 1 is 1.67 bits per heavy atom. The monoisotopic (exact) mass is 125 g/mol. The summed E-state index contributed by atoms with van der Waals surface area (Å²) in [4.78, 5) is 0. The van der Waals surface area contributed by atoms with E-state index in [-0.39, 0.29) is 6.04 Å². The molecule has 1 aromatic rings. The smallest absolute Gasteiger partial charge is 0.101 e. The van der Waals surface area contributed by atoms with Crippen molar-refractivity contribution in [3.05, 3.63) is 23.7 Å². The summed E-state index contributed by atoms with van der Waals surface area (Å²) in [6, 6.07) is 2.03. The van der Waals surface area contributed by atoms with Crippen molar-refractivity contribution in [2.45, 2.75) is 19.9 Å². The molecule has 2 heteroatoms. The van der Waals surface area contributed by atoms with Crippen LogP contribution in [0.3, 0.4) is 0 Å². The lowest BCUT2D eigenvalue weighted by atomic mass is 10.2. The Morgan fingerprint density at radius 2 is 2.33 bits per heavy atom. The van der Waals surface area contributed by atoms with Gasteiger partial charge in [0.15, 0.2) is 0 Å². The van der Waals surface area contributed by atoms with E-state index in [0.717, 1.165) is 11.3 Å². The van der Waals surface area contributed by atoms with Crippen LogP contribution in [0.5, 0.6) is 0 Å². The van der Waals surface area contributed by atoms with Crippen molar-refractivity contribution >= 4 is 0 Å². The maximum atomic E-state index is 5.57. The normalized spacial score (nSPS) is 13.7. The minimum absolute atomic E-state index is 0.0856. The summed E-state index contributed by atoms with van der Waals surface area (Å²) in [5.41, 5.74) is 6.63. The van der Waals surface area contributed by atoms with E-state index >= 15 is 0 Å². The molecule has 1 atom stereocenters. The fourth-order valence-corrected chi connectivity index (χ4v) is 0.703. The van der Waals surface area contributed by atoms with E-state index in [0.29, 0.717) is 0 Å². The topological polar surface area (TPSA) is 39.2 Å². The molecule has 0 unspecified atom stereocenters. The van der Waals surface area contributed by atoms with Gasteiger partial charge in [-0.25, -0.2) is 0 Å². The first-order chi connectivity index (χ1) is 4.20. The zero-order chi connectivity index (χ0) is 6.85. The summed E-state index contributed by atoms with van der Waals surface area (Å²) >= 11 is 0. The van der Waals surface area contributed by atoms with E-state index in [9.17, 15) is 0 Å². The molecule has 2 nitrogen and oxygen atoms in total. The Bertz CT molecular complexity index is 191. The quantitative estimate of drug-likeness (QED) is 0.619. The van der Waals surface area contributed by atoms with Crippen molar-refractivity contribution in [3.63, 3.8) is 0 Å². The van der Waals surface area contributed by atoms with Crippen LogP contribution in [0, 0.1) is 6.92 Å². The molecular weight excluding hydrogens is 114 g/mol. The lowest BCUT2D eigenvalue weighted by Crippen LogP contribution is -2.02. The number of rotatable bonds is 1. The van der Waals surface area contributed by atoms with E-state index in [2.05, 4.69) is 0 Å². The van der Waals surface area contributed by atoms with Gasteiger partial charge in [-0.3, -0.25) is 0 Å². The Hall–Kier alpha value is -0.760. The molecular formula is C7H11NO. The molecule has 0 radical (unpaired) electrons. The Morgan fingerprint density at radius 3 is 2.56 bits per heavy atom. The zero-order valence-corrected chi connectivity index (χ0v) is 5.72. The van der Waals surface area contributed by atoms with Crippen molar-refractivity contribution in [2.75, 3.05) is 0 Å². The van der Waals surface area contributed by atoms with Crippen LogP contribution in [0.2, 0.25) is 0 Å². The van der Waals surface area contributed by atoms with Crippen LogP contribution in [-0.4, -0.2) is 0 Å². The summed E-state index contributed by atoms with van der Waals surface area (Å²) in [6.45, 7) is 3.84. The molecule has 0 aromatic carbocycles. The number of nitrogens with two attached hydrogens (primary N) is 1. The minimum atomic E-state index is 0.0856. The molecule has 0 spiro atoms. The zero-order valence-electron chi connectivity index (χ0n) is 5.72. The predicted molar refractivity (Wildman–Crippen MR) is 36.0 cm³/mol. The standard InChI is InChI=1S/C7H11NO/c1-5-3-7(4-9-5)6(2)8/h3-4,6H,8H2,1-2H3/t6-/m1/s1. The molecule has 1 heterocycles. The third-order valence-electron chi connectivity index (χ3n) is 1.28. The van der Waals surface area contributed by atoms with Gasteiger partial charge in [-0.2, -0.15) is 0 Å². The van der Waals surface area contributed by atoms with Crippen LogP contribution in [0.25, 0.3) is 0 Å². The molecule has 0 aliphatic rings. The molecule has 1 aromatic heterocycles. The summed E-state index contributed by atoms with van der Waals surface area (Å²) in [5, 5.41) is 0. The first-order valence-corrected chi connectivity index (χ1v) is 3.01. The van der Waals surface area contributed by atoms with E-state index in [1.54, 1.807) is 6.26 Å². The molecule has 0 aliphatic heterocycles. The third kappa shape index (κ3) is 1.33. The maximum absolute atomic E-state index is 5.57. The highest BCUT2D eigenvalue weighted by molar-refractivity contribution is 5.14. The van der Waals surface area contributed by atoms with Gasteiger partial charge in [0, 0.05) is 11.6 Å². The van der Waals surface area contributed by atoms with Gasteiger partial charge in [0.05, 0.1) is 6.26 Å². The minimum Gasteiger partial charge on any atom is -0.469 e. The van der Waals surface area contributed by atoms with Gasteiger partial charge >= 0.3 is 0 Å². The van der Waals surface area contributed by atoms with Crippen LogP contribution in [0.4, 0.5) is 0 Å². The average Bonchev–Trinajstić information content (AvgIpc) is 2.14. The van der Waals surface area contributed by atoms with Gasteiger partial charge in [0.2, 0.25) is 0 Å². The van der Waals surface area contributed by atoms with Gasteiger partial charge in [0.1, 0.15) is 5.76 Å². The van der Waals surface area contributed by atoms with Gasteiger partial charge in [0.25, 0.3) is 0 Å². The second kappa shape index (κ2) is 2.23. The third-order valence-corrected chi connectivity index (χ3v) is 1.28. The lowest BCUT2D eigenvalue weighted by Gasteiger charge is -1.95. The van der Waals surface area contributed by atoms with Gasteiger partial charge in [-0.05, 0) is 19.9 Å². The Balaban J connectivity index is 2.85. The number of aryl methyl sites for hydroxylation is 1. The number of furan rings is 1. The molecule has 9 heavy (non-hydrogen) atoms. The van der Waals surface area contributed by atoms with E-state index < -0.39 is 0 Å². The summed E-state index contributed by atoms with van der Waals surface area (Å²) < 4.78 is 5.05. The molecule has 0 amide bonds. The predicted octanol–water partition coefficient (Wildman–Crippen LogP) is 1.61. The molecule has 0 fully saturated rings. The van der Waals surface area contributed by atoms with Crippen molar-refractivity contribution in [2.24, 2.45) is 5.73 Å². The fraction of sp³-hybridized carbons (Fsp3) is 0.429. The Labute approximate surface area is 54.7 Å². The first-order valence-electron chi connectivity index (χ1n) is 3.01. The Kier molecular flexibility index (Phi) is 1.58. The molecule has 0 bridgehead atoms. The maximum Gasteiger partial charge on any atom is 0.101 e. The van der Waals surface area contributed by atoms with E-state index in [1.807, 2.05) is 19.9 Å². The second-order valence-corrected chi connectivity index (χ2v) is 2.28. The highest BCUT2D eigenvalue weighted by atomic mass is 16.3. The van der Waals surface area contributed by atoms with Crippen LogP contribution >= 0.6 is 0 Å². The first kappa shape index (κ1) is 6.36. The van der Waals surface area contributed by atoms with Crippen LogP contribution < -0.4 is 5.73 Å². The van der Waals surface area contributed by atoms with Gasteiger partial charge < -0.3 is 10.2 Å². The van der Waals surface area contributed by atoms with E-state index in [1.165, 1.54) is 0 Å². The lowest BCUT2D eigenvalue weighted by molar-refractivity contribution is 0.530. The summed E-state index contributed by atoms with van der Waals surface area (Å²) in [5.74, 6) is 0.919. The molecule has 0 saturated heterocycles. The van der Waals surface area contributed by atoms with Crippen molar-refractivity contribution < 1.29 is 4.42 Å². The second-order valence-electron chi connectivity index (χ2n) is 2.28. The molecule has 1 rings (SSSR count). The molecule has 0 saturated carbocycles. The van der Waals surface area contributed by atoms with Crippen molar-refractivity contribution in [1.82, 2.24) is 0 Å². The van der Waals surface area contributed by atoms with Gasteiger partial charge in [-0.1, -0.05) is 0 Å². The van der Waals surface area contributed by atoms with Crippen molar-refractivity contribution in [3.8, 4) is 0 Å². The summed E-state index contributed by atoms with van der Waals surface area (Å²) in [6.07, 6.45) is 1.69. The summed E-state index contributed by atoms with van der Waals surface area (Å²) in [7, 11) is 0. The fourth-order valence-electron chi connectivity index (χ4n) is 0.703. The van der Waals surface area contributed by atoms with E-state index in [4.69, 9.17) is 10.2 Å². The van der Waals surface area contributed by atoms with Crippen LogP contribution in [-0.2, 0) is 0 Å². The van der Waals surface area contributed by atoms with Gasteiger partial charge in [-0.15, -0.1) is 0 Å². The highest BCUT2D eigenvalue weighted by Gasteiger charge is 2.00. The molecule has 2 N–H and O–H groups in total. The van der Waals surface area contributed by atoms with Crippen molar-refractivity contribution in [1.29, 1.82) is 0 Å². The molecule has 0 aliphatic carbocycles. The number of hydrogen-bond acceptors (Lipinski definition) is 2. The SMILES string of the molecule is Cc1cc([C@@H](C)N)co1. The van der Waals surface area contributed by atoms with Crippen LogP contribution in [0.15, 0.2) is 16.7 Å². The largest absolute Gasteiger partial charge is 0.469 e. The highest BCUT2D eigenvalue weighted by Crippen LogP contribution is 2.12. The molecule has 50 valence electrons.